The summed E-state index contributed by atoms with van der Waals surface area (Å²) < 4.78 is 4.89. The summed E-state index contributed by atoms with van der Waals surface area (Å²) in [7, 11) is 2.12. The van der Waals surface area contributed by atoms with Crippen molar-refractivity contribution in [3.63, 3.8) is 0 Å². The fourth-order valence-corrected chi connectivity index (χ4v) is 2.08. The van der Waals surface area contributed by atoms with Crippen molar-refractivity contribution in [1.29, 1.82) is 0 Å². The van der Waals surface area contributed by atoms with Crippen molar-refractivity contribution < 1.29 is 9.53 Å². The number of rotatable bonds is 3. The van der Waals surface area contributed by atoms with Crippen LogP contribution >= 0.6 is 0 Å². The fourth-order valence-electron chi connectivity index (χ4n) is 2.08. The number of carbonyl (C=O) groups is 1. The van der Waals surface area contributed by atoms with E-state index in [2.05, 4.69) is 27.0 Å². The Kier molecular flexibility index (Phi) is 4.68. The predicted octanol–water partition coefficient (Wildman–Crippen LogP) is 0.795. The molecule has 2 heterocycles. The Bertz CT molecular complexity index is 421. The maximum absolute atomic E-state index is 11.5. The Morgan fingerprint density at radius 1 is 1.26 bits per heavy atom. The molecule has 0 spiro atoms. The molecule has 0 amide bonds. The van der Waals surface area contributed by atoms with Crippen LogP contribution in [0.15, 0.2) is 12.1 Å². The zero-order valence-electron chi connectivity index (χ0n) is 11.5. The lowest BCUT2D eigenvalue weighted by atomic mass is 10.3. The minimum atomic E-state index is -0.419. The highest BCUT2D eigenvalue weighted by molar-refractivity contribution is 5.87. The average Bonchev–Trinajstić information content (AvgIpc) is 2.64. The van der Waals surface area contributed by atoms with Crippen molar-refractivity contribution in [2.24, 2.45) is 0 Å². The van der Waals surface area contributed by atoms with Crippen molar-refractivity contribution in [2.75, 3.05) is 44.7 Å². The number of hydrogen-bond acceptors (Lipinski definition) is 6. The molecule has 1 aliphatic rings. The van der Waals surface area contributed by atoms with Gasteiger partial charge in [0, 0.05) is 19.6 Å². The maximum atomic E-state index is 11.5. The van der Waals surface area contributed by atoms with Crippen LogP contribution in [0.3, 0.4) is 0 Å². The van der Waals surface area contributed by atoms with E-state index in [9.17, 15) is 4.79 Å². The summed E-state index contributed by atoms with van der Waals surface area (Å²) in [4.78, 5) is 16.0. The number of carbonyl (C=O) groups excluding carboxylic acids is 1. The molecule has 104 valence electrons. The van der Waals surface area contributed by atoms with Gasteiger partial charge < -0.3 is 14.5 Å². The van der Waals surface area contributed by atoms with E-state index >= 15 is 0 Å². The predicted molar refractivity (Wildman–Crippen MR) is 72.3 cm³/mol. The first-order chi connectivity index (χ1) is 9.20. The molecule has 1 fully saturated rings. The molecular weight excluding hydrogens is 244 g/mol. The summed E-state index contributed by atoms with van der Waals surface area (Å²) in [5.41, 5.74) is 0.262. The highest BCUT2D eigenvalue weighted by Gasteiger charge is 2.15. The summed E-state index contributed by atoms with van der Waals surface area (Å²) in [5.74, 6) is 0.403. The van der Waals surface area contributed by atoms with Gasteiger partial charge in [-0.1, -0.05) is 0 Å². The number of nitrogens with zero attached hydrogens (tertiary/aromatic N) is 4. The first kappa shape index (κ1) is 13.7. The molecule has 0 bridgehead atoms. The zero-order chi connectivity index (χ0) is 13.7. The van der Waals surface area contributed by atoms with Gasteiger partial charge in [-0.2, -0.15) is 0 Å². The standard InChI is InChI=1S/C13H20N4O2/c1-3-19-13(18)11-5-6-12(15-14-11)17-8-4-7-16(2)9-10-17/h5-6H,3-4,7-10H2,1-2H3. The minimum absolute atomic E-state index is 0.262. The van der Waals surface area contributed by atoms with Crippen LogP contribution in [0.25, 0.3) is 0 Å². The SMILES string of the molecule is CCOC(=O)c1ccc(N2CCCN(C)CC2)nn1. The number of ether oxygens (including phenoxy) is 1. The molecule has 0 aliphatic carbocycles. The van der Waals surface area contributed by atoms with E-state index in [1.807, 2.05) is 6.07 Å². The molecule has 1 saturated heterocycles. The lowest BCUT2D eigenvalue weighted by Gasteiger charge is -2.20. The van der Waals surface area contributed by atoms with Crippen LogP contribution < -0.4 is 4.90 Å². The maximum Gasteiger partial charge on any atom is 0.358 e. The van der Waals surface area contributed by atoms with E-state index < -0.39 is 5.97 Å². The monoisotopic (exact) mass is 264 g/mol. The summed E-state index contributed by atoms with van der Waals surface area (Å²) in [5, 5.41) is 8.07. The lowest BCUT2D eigenvalue weighted by Crippen LogP contribution is -2.29. The Hall–Kier alpha value is -1.69. The van der Waals surface area contributed by atoms with Crippen molar-refractivity contribution in [1.82, 2.24) is 15.1 Å². The van der Waals surface area contributed by atoms with Gasteiger partial charge in [0.1, 0.15) is 0 Å². The molecule has 6 nitrogen and oxygen atoms in total. The van der Waals surface area contributed by atoms with Crippen LogP contribution in [0.4, 0.5) is 5.82 Å². The van der Waals surface area contributed by atoms with Gasteiger partial charge in [-0.3, -0.25) is 0 Å². The first-order valence-electron chi connectivity index (χ1n) is 6.65. The number of hydrogen-bond donors (Lipinski definition) is 0. The third kappa shape index (κ3) is 3.64. The summed E-state index contributed by atoms with van der Waals surface area (Å²) in [6.45, 7) is 6.14. The molecule has 6 heteroatoms. The van der Waals surface area contributed by atoms with E-state index in [1.54, 1.807) is 13.0 Å². The topological polar surface area (TPSA) is 58.6 Å². The molecule has 0 aromatic carbocycles. The van der Waals surface area contributed by atoms with Gasteiger partial charge in [0.05, 0.1) is 6.61 Å². The number of anilines is 1. The Morgan fingerprint density at radius 3 is 2.79 bits per heavy atom. The molecule has 0 unspecified atom stereocenters. The van der Waals surface area contributed by atoms with E-state index in [-0.39, 0.29) is 5.69 Å². The van der Waals surface area contributed by atoms with Gasteiger partial charge in [-0.15, -0.1) is 10.2 Å². The lowest BCUT2D eigenvalue weighted by molar-refractivity contribution is 0.0518. The van der Waals surface area contributed by atoms with Crippen molar-refractivity contribution in [3.8, 4) is 0 Å². The molecule has 2 rings (SSSR count). The summed E-state index contributed by atoms with van der Waals surface area (Å²) in [6.07, 6.45) is 1.11. The molecular formula is C13H20N4O2. The van der Waals surface area contributed by atoms with E-state index in [0.717, 1.165) is 38.4 Å². The van der Waals surface area contributed by atoms with Crippen molar-refractivity contribution >= 4 is 11.8 Å². The quantitative estimate of drug-likeness (QED) is 0.753. The largest absolute Gasteiger partial charge is 0.461 e. The number of likely N-dealkylation sites (N-methyl/N-ethyl adjacent to an activating group) is 1. The minimum Gasteiger partial charge on any atom is -0.461 e. The highest BCUT2D eigenvalue weighted by Crippen LogP contribution is 2.12. The van der Waals surface area contributed by atoms with Crippen LogP contribution in [0.1, 0.15) is 23.8 Å². The van der Waals surface area contributed by atoms with Crippen molar-refractivity contribution in [2.45, 2.75) is 13.3 Å². The van der Waals surface area contributed by atoms with Gasteiger partial charge in [-0.05, 0) is 39.1 Å². The Morgan fingerprint density at radius 2 is 2.11 bits per heavy atom. The molecule has 19 heavy (non-hydrogen) atoms. The summed E-state index contributed by atoms with van der Waals surface area (Å²) in [6, 6.07) is 3.51. The molecule has 0 saturated carbocycles. The van der Waals surface area contributed by atoms with Crippen molar-refractivity contribution in [3.05, 3.63) is 17.8 Å². The van der Waals surface area contributed by atoms with Crippen LogP contribution in [0.5, 0.6) is 0 Å². The second-order valence-corrected chi connectivity index (χ2v) is 4.64. The third-order valence-electron chi connectivity index (χ3n) is 3.18. The molecule has 0 radical (unpaired) electrons. The van der Waals surface area contributed by atoms with E-state index in [0.29, 0.717) is 6.61 Å². The molecule has 0 N–H and O–H groups in total. The first-order valence-corrected chi connectivity index (χ1v) is 6.65. The molecule has 0 atom stereocenters. The zero-order valence-corrected chi connectivity index (χ0v) is 11.5. The van der Waals surface area contributed by atoms with E-state index in [1.165, 1.54) is 0 Å². The average molecular weight is 264 g/mol. The van der Waals surface area contributed by atoms with Gasteiger partial charge in [0.2, 0.25) is 0 Å². The van der Waals surface area contributed by atoms with Gasteiger partial charge >= 0.3 is 5.97 Å². The second kappa shape index (κ2) is 6.47. The normalized spacial score (nSPS) is 17.1. The van der Waals surface area contributed by atoms with Crippen LogP contribution in [0.2, 0.25) is 0 Å². The van der Waals surface area contributed by atoms with Crippen LogP contribution in [-0.4, -0.2) is 60.9 Å². The van der Waals surface area contributed by atoms with Gasteiger partial charge in [-0.25, -0.2) is 4.79 Å². The van der Waals surface area contributed by atoms with Crippen LogP contribution in [0, 0.1) is 0 Å². The Balaban J connectivity index is 2.03. The fraction of sp³-hybridized carbons (Fsp3) is 0.615. The van der Waals surface area contributed by atoms with Gasteiger partial charge in [0.15, 0.2) is 11.5 Å². The number of aromatic nitrogens is 2. The Labute approximate surface area is 113 Å². The number of esters is 1. The molecule has 1 aromatic heterocycles. The highest BCUT2D eigenvalue weighted by atomic mass is 16.5. The summed E-state index contributed by atoms with van der Waals surface area (Å²) >= 11 is 0. The third-order valence-corrected chi connectivity index (χ3v) is 3.18. The van der Waals surface area contributed by atoms with Crippen LogP contribution in [-0.2, 0) is 4.74 Å². The van der Waals surface area contributed by atoms with Gasteiger partial charge in [0.25, 0.3) is 0 Å². The molecule has 1 aliphatic heterocycles. The molecule has 1 aromatic rings. The van der Waals surface area contributed by atoms with E-state index in [4.69, 9.17) is 4.74 Å². The smallest absolute Gasteiger partial charge is 0.358 e. The second-order valence-electron chi connectivity index (χ2n) is 4.64.